The van der Waals surface area contributed by atoms with Gasteiger partial charge in [0.05, 0.1) is 16.1 Å². The van der Waals surface area contributed by atoms with Crippen molar-refractivity contribution in [3.8, 4) is 0 Å². The van der Waals surface area contributed by atoms with Gasteiger partial charge in [0.2, 0.25) is 0 Å². The maximum atomic E-state index is 13.0. The maximum absolute atomic E-state index is 13.0. The van der Waals surface area contributed by atoms with Crippen molar-refractivity contribution >= 4 is 34.5 Å². The number of rotatable bonds is 4. The summed E-state index contributed by atoms with van der Waals surface area (Å²) in [7, 11) is 3.42. The molecular formula is C20H18N2O2S. The van der Waals surface area contributed by atoms with Gasteiger partial charge >= 0.3 is 0 Å². The predicted molar refractivity (Wildman–Crippen MR) is 103 cm³/mol. The van der Waals surface area contributed by atoms with Crippen molar-refractivity contribution in [3.63, 3.8) is 0 Å². The molecule has 0 bridgehead atoms. The van der Waals surface area contributed by atoms with Crippen LogP contribution in [0.4, 0.5) is 11.4 Å². The second-order valence-electron chi connectivity index (χ2n) is 5.56. The van der Waals surface area contributed by atoms with Gasteiger partial charge in [0, 0.05) is 19.8 Å². The average Bonchev–Trinajstić information content (AvgIpc) is 3.21. The first-order chi connectivity index (χ1) is 12.1. The predicted octanol–water partition coefficient (Wildman–Crippen LogP) is 4.30. The lowest BCUT2D eigenvalue weighted by molar-refractivity contribution is 0.0992. The summed E-state index contributed by atoms with van der Waals surface area (Å²) in [5.41, 5.74) is 1.88. The fourth-order valence-electron chi connectivity index (χ4n) is 2.57. The third-order valence-corrected chi connectivity index (χ3v) is 4.84. The van der Waals surface area contributed by atoms with Crippen molar-refractivity contribution in [2.45, 2.75) is 0 Å². The molecule has 3 rings (SSSR count). The molecule has 2 amide bonds. The van der Waals surface area contributed by atoms with Crippen LogP contribution in [0.15, 0.2) is 72.1 Å². The first-order valence-corrected chi connectivity index (χ1v) is 8.71. The van der Waals surface area contributed by atoms with Gasteiger partial charge < -0.3 is 9.80 Å². The summed E-state index contributed by atoms with van der Waals surface area (Å²) in [5.74, 6) is -0.287. The lowest BCUT2D eigenvalue weighted by Gasteiger charge is -2.23. The van der Waals surface area contributed by atoms with Crippen molar-refractivity contribution in [2.24, 2.45) is 0 Å². The third-order valence-electron chi connectivity index (χ3n) is 3.98. The molecule has 0 unspecified atom stereocenters. The Balaban J connectivity index is 1.93. The molecule has 0 saturated carbocycles. The van der Waals surface area contributed by atoms with Gasteiger partial charge in [-0.05, 0) is 35.7 Å². The van der Waals surface area contributed by atoms with Crippen LogP contribution in [0.1, 0.15) is 20.0 Å². The van der Waals surface area contributed by atoms with E-state index in [4.69, 9.17) is 0 Å². The summed E-state index contributed by atoms with van der Waals surface area (Å²) >= 11 is 1.38. The lowest BCUT2D eigenvalue weighted by atomic mass is 10.1. The van der Waals surface area contributed by atoms with Crippen LogP contribution >= 0.6 is 11.3 Å². The van der Waals surface area contributed by atoms with Crippen LogP contribution in [0.3, 0.4) is 0 Å². The number of carbonyl (C=O) groups excluding carboxylic acids is 2. The topological polar surface area (TPSA) is 40.6 Å². The highest BCUT2D eigenvalue weighted by Gasteiger charge is 2.22. The fraction of sp³-hybridized carbons (Fsp3) is 0.100. The summed E-state index contributed by atoms with van der Waals surface area (Å²) in [5, 5.41) is 1.86. The molecule has 3 aromatic rings. The minimum absolute atomic E-state index is 0.127. The number of para-hydroxylation sites is 2. The quantitative estimate of drug-likeness (QED) is 0.704. The second kappa shape index (κ2) is 7.32. The van der Waals surface area contributed by atoms with Gasteiger partial charge in [-0.15, -0.1) is 11.3 Å². The second-order valence-corrected chi connectivity index (χ2v) is 6.51. The molecular weight excluding hydrogens is 332 g/mol. The number of amides is 2. The highest BCUT2D eigenvalue weighted by atomic mass is 32.1. The van der Waals surface area contributed by atoms with Crippen molar-refractivity contribution in [1.29, 1.82) is 0 Å². The van der Waals surface area contributed by atoms with Gasteiger partial charge in [-0.25, -0.2) is 0 Å². The first kappa shape index (κ1) is 16.9. The molecule has 126 valence electrons. The van der Waals surface area contributed by atoms with Gasteiger partial charge in [-0.1, -0.05) is 36.4 Å². The van der Waals surface area contributed by atoms with Crippen LogP contribution in [0.5, 0.6) is 0 Å². The Labute approximate surface area is 150 Å². The zero-order valence-electron chi connectivity index (χ0n) is 14.0. The molecule has 0 aliphatic heterocycles. The van der Waals surface area contributed by atoms with Crippen molar-refractivity contribution in [2.75, 3.05) is 23.9 Å². The Bertz CT molecular complexity index is 876. The van der Waals surface area contributed by atoms with Gasteiger partial charge in [0.1, 0.15) is 0 Å². The summed E-state index contributed by atoms with van der Waals surface area (Å²) < 4.78 is 0. The molecule has 0 atom stereocenters. The number of benzene rings is 2. The number of carbonyl (C=O) groups is 2. The molecule has 1 aromatic heterocycles. The molecule has 0 aliphatic carbocycles. The summed E-state index contributed by atoms with van der Waals surface area (Å²) in [4.78, 5) is 29.4. The monoisotopic (exact) mass is 350 g/mol. The van der Waals surface area contributed by atoms with E-state index in [1.807, 2.05) is 47.8 Å². The Hall–Kier alpha value is -2.92. The molecule has 2 aromatic carbocycles. The molecule has 25 heavy (non-hydrogen) atoms. The Morgan fingerprint density at radius 3 is 2.12 bits per heavy atom. The van der Waals surface area contributed by atoms with Gasteiger partial charge in [-0.3, -0.25) is 9.59 Å². The third kappa shape index (κ3) is 3.46. The number of anilines is 2. The van der Waals surface area contributed by atoms with Crippen LogP contribution in [-0.4, -0.2) is 25.9 Å². The Kier molecular flexibility index (Phi) is 4.95. The molecule has 0 fully saturated rings. The number of thiophene rings is 1. The maximum Gasteiger partial charge on any atom is 0.268 e. The minimum Gasteiger partial charge on any atom is -0.311 e. The molecule has 0 spiro atoms. The smallest absolute Gasteiger partial charge is 0.268 e. The molecule has 1 heterocycles. The van der Waals surface area contributed by atoms with E-state index < -0.39 is 0 Å². The summed E-state index contributed by atoms with van der Waals surface area (Å²) in [6, 6.07) is 20.2. The molecule has 0 radical (unpaired) electrons. The van der Waals surface area contributed by atoms with Gasteiger partial charge in [0.25, 0.3) is 11.8 Å². The van der Waals surface area contributed by atoms with Crippen LogP contribution in [0, 0.1) is 0 Å². The highest BCUT2D eigenvalue weighted by molar-refractivity contribution is 7.12. The van der Waals surface area contributed by atoms with Crippen molar-refractivity contribution in [1.82, 2.24) is 0 Å². The van der Waals surface area contributed by atoms with E-state index >= 15 is 0 Å². The fourth-order valence-corrected chi connectivity index (χ4v) is 3.27. The Morgan fingerprint density at radius 2 is 1.44 bits per heavy atom. The highest BCUT2D eigenvalue weighted by Crippen LogP contribution is 2.25. The van der Waals surface area contributed by atoms with Gasteiger partial charge in [-0.2, -0.15) is 0 Å². The summed E-state index contributed by atoms with van der Waals surface area (Å²) in [6.07, 6.45) is 0. The SMILES string of the molecule is CN(C(=O)c1ccccc1N(C)C(=O)c1cccs1)c1ccccc1. The van der Waals surface area contributed by atoms with Crippen LogP contribution < -0.4 is 9.80 Å². The minimum atomic E-state index is -0.160. The van der Waals surface area contributed by atoms with E-state index in [0.29, 0.717) is 16.1 Å². The molecule has 5 heteroatoms. The average molecular weight is 350 g/mol. The van der Waals surface area contributed by atoms with E-state index in [0.717, 1.165) is 5.69 Å². The van der Waals surface area contributed by atoms with Crippen molar-refractivity contribution < 1.29 is 9.59 Å². The van der Waals surface area contributed by atoms with E-state index in [2.05, 4.69) is 0 Å². The van der Waals surface area contributed by atoms with E-state index in [-0.39, 0.29) is 11.8 Å². The molecule has 0 aliphatic rings. The lowest BCUT2D eigenvalue weighted by Crippen LogP contribution is -2.31. The number of hydrogen-bond donors (Lipinski definition) is 0. The number of hydrogen-bond acceptors (Lipinski definition) is 3. The first-order valence-electron chi connectivity index (χ1n) is 7.83. The Morgan fingerprint density at radius 1 is 0.760 bits per heavy atom. The zero-order chi connectivity index (χ0) is 17.8. The summed E-state index contributed by atoms with van der Waals surface area (Å²) in [6.45, 7) is 0. The van der Waals surface area contributed by atoms with Crippen LogP contribution in [0.2, 0.25) is 0 Å². The van der Waals surface area contributed by atoms with Crippen LogP contribution in [-0.2, 0) is 0 Å². The standard InChI is InChI=1S/C20H18N2O2S/c1-21(15-9-4-3-5-10-15)19(23)16-11-6-7-12-17(16)22(2)20(24)18-13-8-14-25-18/h3-14H,1-2H3. The largest absolute Gasteiger partial charge is 0.311 e. The van der Waals surface area contributed by atoms with Crippen LogP contribution in [0.25, 0.3) is 0 Å². The van der Waals surface area contributed by atoms with Crippen molar-refractivity contribution in [3.05, 3.63) is 82.6 Å². The van der Waals surface area contributed by atoms with E-state index in [1.54, 1.807) is 43.3 Å². The normalized spacial score (nSPS) is 10.3. The van der Waals surface area contributed by atoms with E-state index in [1.165, 1.54) is 16.2 Å². The number of nitrogens with zero attached hydrogens (tertiary/aromatic N) is 2. The van der Waals surface area contributed by atoms with E-state index in [9.17, 15) is 9.59 Å². The molecule has 0 N–H and O–H groups in total. The zero-order valence-corrected chi connectivity index (χ0v) is 14.9. The van der Waals surface area contributed by atoms with Gasteiger partial charge in [0.15, 0.2) is 0 Å². The molecule has 0 saturated heterocycles. The molecule has 4 nitrogen and oxygen atoms in total.